The summed E-state index contributed by atoms with van der Waals surface area (Å²) in [4.78, 5) is 14.1. The molecule has 1 fully saturated rings. The fourth-order valence-corrected chi connectivity index (χ4v) is 3.04. The van der Waals surface area contributed by atoms with Gasteiger partial charge in [0.25, 0.3) is 0 Å². The van der Waals surface area contributed by atoms with Crippen LogP contribution in [0.25, 0.3) is 0 Å². The molecule has 0 spiro atoms. The number of benzene rings is 1. The summed E-state index contributed by atoms with van der Waals surface area (Å²) in [6, 6.07) is 3.68. The minimum atomic E-state index is -0.849. The van der Waals surface area contributed by atoms with Crippen LogP contribution in [0.15, 0.2) is 18.2 Å². The molecule has 2 amide bonds. The third-order valence-corrected chi connectivity index (χ3v) is 4.65. The zero-order valence-electron chi connectivity index (χ0n) is 14.3. The van der Waals surface area contributed by atoms with E-state index in [1.54, 1.807) is 17.9 Å². The van der Waals surface area contributed by atoms with Gasteiger partial charge in [-0.15, -0.1) is 0 Å². The summed E-state index contributed by atoms with van der Waals surface area (Å²) >= 11 is 0. The number of aliphatic hydroxyl groups is 1. The van der Waals surface area contributed by atoms with Crippen LogP contribution < -0.4 is 5.32 Å². The van der Waals surface area contributed by atoms with Gasteiger partial charge in [-0.25, -0.2) is 13.6 Å². The van der Waals surface area contributed by atoms with Gasteiger partial charge in [-0.3, -0.25) is 0 Å². The Balaban J connectivity index is 1.79. The maximum absolute atomic E-state index is 13.2. The Kier molecular flexibility index (Phi) is 6.54. The Morgan fingerprint density at radius 3 is 2.79 bits per heavy atom. The monoisotopic (exact) mass is 340 g/mol. The van der Waals surface area contributed by atoms with E-state index < -0.39 is 17.7 Å². The van der Waals surface area contributed by atoms with Gasteiger partial charge in [0, 0.05) is 25.0 Å². The van der Waals surface area contributed by atoms with Crippen molar-refractivity contribution >= 4 is 6.03 Å². The van der Waals surface area contributed by atoms with Crippen molar-refractivity contribution < 1.29 is 18.7 Å². The van der Waals surface area contributed by atoms with E-state index in [2.05, 4.69) is 5.32 Å². The summed E-state index contributed by atoms with van der Waals surface area (Å²) in [7, 11) is 0. The number of amides is 2. The Labute approximate surface area is 141 Å². The smallest absolute Gasteiger partial charge is 0.317 e. The molecule has 0 aromatic heterocycles. The Morgan fingerprint density at radius 2 is 2.12 bits per heavy atom. The van der Waals surface area contributed by atoms with Crippen molar-refractivity contribution in [2.45, 2.75) is 51.7 Å². The van der Waals surface area contributed by atoms with Crippen LogP contribution in [0.1, 0.15) is 38.7 Å². The quantitative estimate of drug-likeness (QED) is 0.865. The first kappa shape index (κ1) is 18.6. The van der Waals surface area contributed by atoms with E-state index in [0.29, 0.717) is 31.5 Å². The molecule has 1 aromatic rings. The van der Waals surface area contributed by atoms with Gasteiger partial charge in [0.1, 0.15) is 0 Å². The Morgan fingerprint density at radius 1 is 1.38 bits per heavy atom. The second kappa shape index (κ2) is 8.42. The molecular formula is C18H26F2N2O2. The largest absolute Gasteiger partial charge is 0.393 e. The molecule has 1 aromatic carbocycles. The van der Waals surface area contributed by atoms with Crippen LogP contribution in [-0.2, 0) is 6.42 Å². The van der Waals surface area contributed by atoms with E-state index in [1.165, 1.54) is 6.07 Å². The van der Waals surface area contributed by atoms with Crippen molar-refractivity contribution in [2.24, 2.45) is 5.92 Å². The normalized spacial score (nSPS) is 20.5. The van der Waals surface area contributed by atoms with Gasteiger partial charge in [-0.05, 0) is 57.2 Å². The van der Waals surface area contributed by atoms with Crippen LogP contribution in [0.4, 0.5) is 13.6 Å². The molecule has 2 rings (SSSR count). The van der Waals surface area contributed by atoms with Gasteiger partial charge < -0.3 is 15.3 Å². The highest BCUT2D eigenvalue weighted by Gasteiger charge is 2.26. The molecule has 6 heteroatoms. The number of nitrogens with zero attached hydrogens (tertiary/aromatic N) is 1. The molecule has 2 N–H and O–H groups in total. The Hall–Kier alpha value is -1.69. The number of likely N-dealkylation sites (tertiary alicyclic amines) is 1. The minimum absolute atomic E-state index is 0.0717. The van der Waals surface area contributed by atoms with Crippen molar-refractivity contribution in [3.05, 3.63) is 35.4 Å². The van der Waals surface area contributed by atoms with Gasteiger partial charge in [0.2, 0.25) is 0 Å². The second-order valence-electron chi connectivity index (χ2n) is 6.73. The topological polar surface area (TPSA) is 52.6 Å². The summed E-state index contributed by atoms with van der Waals surface area (Å²) < 4.78 is 26.1. The number of rotatable bonds is 5. The molecule has 24 heavy (non-hydrogen) atoms. The highest BCUT2D eigenvalue weighted by Crippen LogP contribution is 2.20. The molecule has 0 aliphatic carbocycles. The fourth-order valence-electron chi connectivity index (χ4n) is 3.04. The molecule has 0 radical (unpaired) electrons. The SMILES string of the molecule is C[C@H](CCc1ccc(F)c(F)c1)NC(=O)N1CCC[C@@H]([C@@H](C)O)C1. The maximum Gasteiger partial charge on any atom is 0.317 e. The lowest BCUT2D eigenvalue weighted by Crippen LogP contribution is -2.49. The molecule has 1 aliphatic rings. The van der Waals surface area contributed by atoms with Gasteiger partial charge in [0.05, 0.1) is 6.10 Å². The summed E-state index contributed by atoms with van der Waals surface area (Å²) in [5.74, 6) is -1.57. The number of carbonyl (C=O) groups excluding carboxylic acids is 1. The van der Waals surface area contributed by atoms with Crippen molar-refractivity contribution in [3.8, 4) is 0 Å². The fraction of sp³-hybridized carbons (Fsp3) is 0.611. The predicted octanol–water partition coefficient (Wildman–Crippen LogP) is 3.09. The van der Waals surface area contributed by atoms with E-state index in [4.69, 9.17) is 0 Å². The van der Waals surface area contributed by atoms with Crippen molar-refractivity contribution in [3.63, 3.8) is 0 Å². The van der Waals surface area contributed by atoms with Crippen LogP contribution >= 0.6 is 0 Å². The second-order valence-corrected chi connectivity index (χ2v) is 6.73. The van der Waals surface area contributed by atoms with E-state index >= 15 is 0 Å². The minimum Gasteiger partial charge on any atom is -0.393 e. The number of halogens is 2. The van der Waals surface area contributed by atoms with E-state index in [0.717, 1.165) is 18.9 Å². The molecule has 0 bridgehead atoms. The highest BCUT2D eigenvalue weighted by molar-refractivity contribution is 5.74. The number of piperidine rings is 1. The molecule has 0 saturated carbocycles. The standard InChI is InChI=1S/C18H26F2N2O2/c1-12(5-6-14-7-8-16(19)17(20)10-14)21-18(24)22-9-3-4-15(11-22)13(2)23/h7-8,10,12-13,15,23H,3-6,9,11H2,1-2H3,(H,21,24)/t12-,13-,15-/m1/s1. The summed E-state index contributed by atoms with van der Waals surface area (Å²) in [6.07, 6.45) is 2.63. The van der Waals surface area contributed by atoms with E-state index in [1.807, 2.05) is 6.92 Å². The van der Waals surface area contributed by atoms with Crippen LogP contribution in [0.3, 0.4) is 0 Å². The average molecular weight is 340 g/mol. The summed E-state index contributed by atoms with van der Waals surface area (Å²) in [6.45, 7) is 4.93. The molecule has 1 aliphatic heterocycles. The Bertz CT molecular complexity index is 566. The number of carbonyl (C=O) groups is 1. The lowest BCUT2D eigenvalue weighted by atomic mass is 9.94. The molecule has 3 atom stereocenters. The maximum atomic E-state index is 13.2. The number of aryl methyl sites for hydroxylation is 1. The number of urea groups is 1. The lowest BCUT2D eigenvalue weighted by Gasteiger charge is -2.34. The number of aliphatic hydroxyl groups excluding tert-OH is 1. The van der Waals surface area contributed by atoms with E-state index in [9.17, 15) is 18.7 Å². The first-order chi connectivity index (χ1) is 11.4. The molecular weight excluding hydrogens is 314 g/mol. The van der Waals surface area contributed by atoms with Gasteiger partial charge in [0.15, 0.2) is 11.6 Å². The summed E-state index contributed by atoms with van der Waals surface area (Å²) in [5.41, 5.74) is 0.710. The first-order valence-electron chi connectivity index (χ1n) is 8.54. The van der Waals surface area contributed by atoms with Gasteiger partial charge in [-0.1, -0.05) is 6.07 Å². The number of nitrogens with one attached hydrogen (secondary N) is 1. The van der Waals surface area contributed by atoms with Crippen LogP contribution in [0, 0.1) is 17.6 Å². The van der Waals surface area contributed by atoms with Gasteiger partial charge in [-0.2, -0.15) is 0 Å². The van der Waals surface area contributed by atoms with Crippen molar-refractivity contribution in [1.29, 1.82) is 0 Å². The lowest BCUT2D eigenvalue weighted by molar-refractivity contribution is 0.0734. The third kappa shape index (κ3) is 5.16. The molecule has 1 saturated heterocycles. The number of hydrogen-bond donors (Lipinski definition) is 2. The third-order valence-electron chi connectivity index (χ3n) is 4.65. The number of hydrogen-bond acceptors (Lipinski definition) is 2. The van der Waals surface area contributed by atoms with Gasteiger partial charge >= 0.3 is 6.03 Å². The zero-order chi connectivity index (χ0) is 17.7. The van der Waals surface area contributed by atoms with Crippen LogP contribution in [0.5, 0.6) is 0 Å². The van der Waals surface area contributed by atoms with E-state index in [-0.39, 0.29) is 18.0 Å². The molecule has 134 valence electrons. The van der Waals surface area contributed by atoms with Crippen LogP contribution in [0.2, 0.25) is 0 Å². The predicted molar refractivity (Wildman–Crippen MR) is 88.7 cm³/mol. The van der Waals surface area contributed by atoms with Crippen LogP contribution in [-0.4, -0.2) is 41.3 Å². The molecule has 4 nitrogen and oxygen atoms in total. The van der Waals surface area contributed by atoms with Crippen molar-refractivity contribution in [2.75, 3.05) is 13.1 Å². The molecule has 1 heterocycles. The summed E-state index contributed by atoms with van der Waals surface area (Å²) in [5, 5.41) is 12.6. The molecule has 0 unspecified atom stereocenters. The highest BCUT2D eigenvalue weighted by atomic mass is 19.2. The average Bonchev–Trinajstić information content (AvgIpc) is 2.56. The first-order valence-corrected chi connectivity index (χ1v) is 8.54. The zero-order valence-corrected chi connectivity index (χ0v) is 14.3. The van der Waals surface area contributed by atoms with Crippen molar-refractivity contribution in [1.82, 2.24) is 10.2 Å².